The number of rotatable bonds is 0. The summed E-state index contributed by atoms with van der Waals surface area (Å²) in [6, 6.07) is 4.93. The van der Waals surface area contributed by atoms with Crippen LogP contribution in [0.25, 0.3) is 0 Å². The first kappa shape index (κ1) is 12.6. The molecule has 21 heavy (non-hydrogen) atoms. The van der Waals surface area contributed by atoms with Gasteiger partial charge in [-0.15, -0.1) is 0 Å². The lowest BCUT2D eigenvalue weighted by Gasteiger charge is -2.45. The van der Waals surface area contributed by atoms with Gasteiger partial charge in [0.05, 0.1) is 0 Å². The second-order valence-electron chi connectivity index (χ2n) is 6.19. The molecule has 3 aliphatic rings. The lowest BCUT2D eigenvalue weighted by molar-refractivity contribution is -0.138. The van der Waals surface area contributed by atoms with Crippen molar-refractivity contribution in [2.45, 2.75) is 30.7 Å². The van der Waals surface area contributed by atoms with Crippen LogP contribution in [0.5, 0.6) is 0 Å². The molecule has 3 amide bonds. The van der Waals surface area contributed by atoms with Gasteiger partial charge >= 0.3 is 0 Å². The predicted octanol–water partition coefficient (Wildman–Crippen LogP) is 0.713. The fourth-order valence-corrected chi connectivity index (χ4v) is 4.40. The smallest absolute Gasteiger partial charge is 0.254 e. The molecule has 5 heteroatoms. The maximum absolute atomic E-state index is 12.9. The summed E-state index contributed by atoms with van der Waals surface area (Å²) in [7, 11) is 3.15. The van der Waals surface area contributed by atoms with E-state index in [9.17, 15) is 14.4 Å². The second kappa shape index (κ2) is 3.72. The molecule has 0 radical (unpaired) electrons. The largest absolute Gasteiger partial charge is 0.328 e. The molecule has 5 nitrogen and oxygen atoms in total. The minimum atomic E-state index is -0.862. The van der Waals surface area contributed by atoms with E-state index in [0.717, 1.165) is 24.0 Å². The van der Waals surface area contributed by atoms with E-state index in [4.69, 9.17) is 0 Å². The van der Waals surface area contributed by atoms with Crippen LogP contribution in [0, 0.1) is 0 Å². The van der Waals surface area contributed by atoms with Gasteiger partial charge in [0.15, 0.2) is 0 Å². The van der Waals surface area contributed by atoms with Crippen LogP contribution in [0.3, 0.4) is 0 Å². The molecule has 0 aromatic heterocycles. The van der Waals surface area contributed by atoms with Gasteiger partial charge in [-0.1, -0.05) is 12.1 Å². The van der Waals surface area contributed by atoms with Crippen LogP contribution >= 0.6 is 0 Å². The monoisotopic (exact) mass is 284 g/mol. The van der Waals surface area contributed by atoms with Crippen LogP contribution in [0.15, 0.2) is 18.2 Å². The number of likely N-dealkylation sites (tertiary alicyclic amines) is 1. The maximum Gasteiger partial charge on any atom is 0.254 e. The van der Waals surface area contributed by atoms with Crippen LogP contribution in [0.1, 0.15) is 34.3 Å². The molecule has 1 aromatic carbocycles. The molecule has 0 N–H and O–H groups in total. The molecule has 1 aliphatic carbocycles. The predicted molar refractivity (Wildman–Crippen MR) is 74.7 cm³/mol. The summed E-state index contributed by atoms with van der Waals surface area (Å²) in [5, 5.41) is 0. The van der Waals surface area contributed by atoms with E-state index in [1.54, 1.807) is 13.1 Å². The maximum atomic E-state index is 12.9. The molecule has 1 fully saturated rings. The molecule has 4 rings (SSSR count). The number of imide groups is 1. The van der Waals surface area contributed by atoms with Crippen LogP contribution in [0.2, 0.25) is 0 Å². The highest BCUT2D eigenvalue weighted by atomic mass is 16.2. The van der Waals surface area contributed by atoms with Crippen LogP contribution in [0.4, 0.5) is 0 Å². The third-order valence-electron chi connectivity index (χ3n) is 5.27. The van der Waals surface area contributed by atoms with Gasteiger partial charge in [-0.3, -0.25) is 19.3 Å². The number of likely N-dealkylation sites (N-methyl/N-ethyl adjacent to an activating group) is 2. The van der Waals surface area contributed by atoms with E-state index in [0.29, 0.717) is 12.0 Å². The number of carbonyl (C=O) groups is 3. The van der Waals surface area contributed by atoms with Crippen LogP contribution in [-0.2, 0) is 21.4 Å². The average Bonchev–Trinajstić information content (AvgIpc) is 2.68. The molecule has 0 saturated carbocycles. The van der Waals surface area contributed by atoms with Gasteiger partial charge in [-0.2, -0.15) is 0 Å². The molecule has 1 spiro atoms. The van der Waals surface area contributed by atoms with Gasteiger partial charge in [-0.05, 0) is 36.5 Å². The zero-order valence-electron chi connectivity index (χ0n) is 12.0. The average molecular weight is 284 g/mol. The van der Waals surface area contributed by atoms with E-state index >= 15 is 0 Å². The van der Waals surface area contributed by atoms with Gasteiger partial charge in [0.1, 0.15) is 11.5 Å². The minimum absolute atomic E-state index is 0.161. The zero-order valence-corrected chi connectivity index (χ0v) is 12.0. The second-order valence-corrected chi connectivity index (χ2v) is 6.19. The van der Waals surface area contributed by atoms with Crippen LogP contribution < -0.4 is 0 Å². The topological polar surface area (TPSA) is 57.7 Å². The van der Waals surface area contributed by atoms with Crippen molar-refractivity contribution in [3.8, 4) is 0 Å². The van der Waals surface area contributed by atoms with E-state index in [-0.39, 0.29) is 17.7 Å². The summed E-state index contributed by atoms with van der Waals surface area (Å²) in [6.07, 6.45) is 2.36. The summed E-state index contributed by atoms with van der Waals surface area (Å²) < 4.78 is 0. The highest BCUT2D eigenvalue weighted by Gasteiger charge is 2.65. The van der Waals surface area contributed by atoms with Crippen molar-refractivity contribution in [3.63, 3.8) is 0 Å². The number of benzene rings is 1. The Labute approximate surface area is 122 Å². The summed E-state index contributed by atoms with van der Waals surface area (Å²) in [4.78, 5) is 40.7. The molecule has 2 unspecified atom stereocenters. The first-order valence-corrected chi connectivity index (χ1v) is 7.21. The third kappa shape index (κ3) is 1.21. The number of aryl methyl sites for hydroxylation is 1. The highest BCUT2D eigenvalue weighted by Crippen LogP contribution is 2.51. The number of nitrogens with zero attached hydrogens (tertiary/aromatic N) is 2. The molecule has 108 valence electrons. The van der Waals surface area contributed by atoms with E-state index in [1.807, 2.05) is 12.1 Å². The molecule has 2 atom stereocenters. The summed E-state index contributed by atoms with van der Waals surface area (Å²) in [5.74, 6) is -0.589. The Morgan fingerprint density at radius 2 is 1.95 bits per heavy atom. The first-order chi connectivity index (χ1) is 10.00. The number of carbonyl (C=O) groups excluding carboxylic acids is 3. The van der Waals surface area contributed by atoms with E-state index in [2.05, 4.69) is 0 Å². The summed E-state index contributed by atoms with van der Waals surface area (Å²) >= 11 is 0. The fourth-order valence-electron chi connectivity index (χ4n) is 4.40. The Bertz CT molecular complexity index is 711. The van der Waals surface area contributed by atoms with Gasteiger partial charge in [-0.25, -0.2) is 0 Å². The standard InChI is InChI=1S/C16H16N2O3/c1-17-12-14(20)18(2)15(21)16(12)8-4-6-9-5-3-7-10(11(9)16)13(17)19/h3,5,7,12H,4,6,8H2,1-2H3. The summed E-state index contributed by atoms with van der Waals surface area (Å²) in [6.45, 7) is 0. The van der Waals surface area contributed by atoms with Gasteiger partial charge in [0.2, 0.25) is 5.91 Å². The minimum Gasteiger partial charge on any atom is -0.328 e. The number of amides is 3. The lowest BCUT2D eigenvalue weighted by Crippen LogP contribution is -2.59. The van der Waals surface area contributed by atoms with Gasteiger partial charge in [0.25, 0.3) is 11.8 Å². The van der Waals surface area contributed by atoms with Crippen molar-refractivity contribution < 1.29 is 14.4 Å². The molecule has 2 heterocycles. The third-order valence-corrected chi connectivity index (χ3v) is 5.27. The van der Waals surface area contributed by atoms with E-state index in [1.165, 1.54) is 16.8 Å². The fraction of sp³-hybridized carbons (Fsp3) is 0.438. The van der Waals surface area contributed by atoms with Gasteiger partial charge < -0.3 is 4.90 Å². The Morgan fingerprint density at radius 3 is 2.71 bits per heavy atom. The van der Waals surface area contributed by atoms with Crippen molar-refractivity contribution in [1.82, 2.24) is 9.80 Å². The lowest BCUT2D eigenvalue weighted by atomic mass is 9.62. The Kier molecular flexibility index (Phi) is 2.23. The molecule has 0 bridgehead atoms. The molecular formula is C16H16N2O3. The molecular weight excluding hydrogens is 268 g/mol. The van der Waals surface area contributed by atoms with Crippen molar-refractivity contribution in [1.29, 1.82) is 0 Å². The SMILES string of the molecule is CN1C(=O)C2N(C)C(=O)c3cccc4c3C2(CCC4)C1=O. The van der Waals surface area contributed by atoms with Crippen molar-refractivity contribution in [3.05, 3.63) is 34.9 Å². The normalized spacial score (nSPS) is 30.6. The number of hydrogen-bond acceptors (Lipinski definition) is 3. The Morgan fingerprint density at radius 1 is 1.19 bits per heavy atom. The molecule has 1 aromatic rings. The number of hydrogen-bond donors (Lipinski definition) is 0. The Balaban J connectivity index is 2.11. The van der Waals surface area contributed by atoms with Crippen molar-refractivity contribution in [2.24, 2.45) is 0 Å². The van der Waals surface area contributed by atoms with Crippen molar-refractivity contribution in [2.75, 3.05) is 14.1 Å². The Hall–Kier alpha value is -2.17. The zero-order chi connectivity index (χ0) is 14.9. The highest BCUT2D eigenvalue weighted by molar-refractivity contribution is 6.17. The van der Waals surface area contributed by atoms with Crippen molar-refractivity contribution >= 4 is 17.7 Å². The van der Waals surface area contributed by atoms with Gasteiger partial charge in [0, 0.05) is 19.7 Å². The van der Waals surface area contributed by atoms with Crippen LogP contribution in [-0.4, -0.2) is 47.7 Å². The quantitative estimate of drug-likeness (QED) is 0.659. The molecule has 2 aliphatic heterocycles. The summed E-state index contributed by atoms with van der Waals surface area (Å²) in [5.41, 5.74) is 1.58. The first-order valence-electron chi connectivity index (χ1n) is 7.21. The molecule has 1 saturated heterocycles. The van der Waals surface area contributed by atoms with E-state index < -0.39 is 11.5 Å².